The number of benzene rings is 2. The molecule has 0 bridgehead atoms. The van der Waals surface area contributed by atoms with E-state index in [0.717, 1.165) is 11.1 Å². The predicted molar refractivity (Wildman–Crippen MR) is 113 cm³/mol. The summed E-state index contributed by atoms with van der Waals surface area (Å²) in [7, 11) is 1.49. The first kappa shape index (κ1) is 19.7. The molecule has 0 aliphatic carbocycles. The Hall–Kier alpha value is -3.65. The Morgan fingerprint density at radius 3 is 2.73 bits per heavy atom. The standard InChI is InChI=1S/C21H17ClN4O4/c1-12-3-5-13(6-4-12)19-18-20(30-25-19)23-11-26(21(18)28)10-17(27)24-15-9-14(22)7-8-16(15)29-2/h3-9,11H,10H2,1-2H3,(H,24,27). The molecule has 0 saturated carbocycles. The zero-order valence-corrected chi connectivity index (χ0v) is 16.9. The number of ether oxygens (including phenoxy) is 1. The number of aromatic nitrogens is 3. The number of nitrogens with zero attached hydrogens (tertiary/aromatic N) is 3. The summed E-state index contributed by atoms with van der Waals surface area (Å²) in [5.41, 5.74) is 2.28. The van der Waals surface area contributed by atoms with Gasteiger partial charge in [0.1, 0.15) is 29.7 Å². The number of aryl methyl sites for hydroxylation is 1. The van der Waals surface area contributed by atoms with Crippen LogP contribution in [-0.4, -0.2) is 27.7 Å². The van der Waals surface area contributed by atoms with Gasteiger partial charge in [-0.05, 0) is 25.1 Å². The Labute approximate surface area is 176 Å². The molecule has 0 spiro atoms. The van der Waals surface area contributed by atoms with Gasteiger partial charge in [0.2, 0.25) is 5.91 Å². The quantitative estimate of drug-likeness (QED) is 0.525. The smallest absolute Gasteiger partial charge is 0.267 e. The van der Waals surface area contributed by atoms with Crippen LogP contribution in [0.4, 0.5) is 5.69 Å². The highest BCUT2D eigenvalue weighted by Gasteiger charge is 2.18. The number of carbonyl (C=O) groups excluding carboxylic acids is 1. The number of anilines is 1. The topological polar surface area (TPSA) is 99.2 Å². The lowest BCUT2D eigenvalue weighted by Gasteiger charge is -2.11. The van der Waals surface area contributed by atoms with Crippen molar-refractivity contribution >= 4 is 34.3 Å². The molecule has 2 aromatic carbocycles. The monoisotopic (exact) mass is 424 g/mol. The fourth-order valence-corrected chi connectivity index (χ4v) is 3.20. The van der Waals surface area contributed by atoms with Crippen molar-refractivity contribution in [1.29, 1.82) is 0 Å². The first-order valence-corrected chi connectivity index (χ1v) is 9.39. The molecule has 4 aromatic rings. The zero-order chi connectivity index (χ0) is 21.3. The number of fused-ring (bicyclic) bond motifs is 1. The lowest BCUT2D eigenvalue weighted by Crippen LogP contribution is -2.28. The number of hydrogen-bond acceptors (Lipinski definition) is 6. The largest absolute Gasteiger partial charge is 0.495 e. The number of rotatable bonds is 5. The minimum absolute atomic E-state index is 0.115. The van der Waals surface area contributed by atoms with Gasteiger partial charge in [0.15, 0.2) is 0 Å². The summed E-state index contributed by atoms with van der Waals surface area (Å²) in [5.74, 6) is 0.0153. The van der Waals surface area contributed by atoms with Gasteiger partial charge in [-0.2, -0.15) is 0 Å². The molecule has 0 unspecified atom stereocenters. The Bertz CT molecular complexity index is 1290. The maximum Gasteiger partial charge on any atom is 0.267 e. The molecule has 152 valence electrons. The highest BCUT2D eigenvalue weighted by molar-refractivity contribution is 6.31. The number of methoxy groups -OCH3 is 1. The van der Waals surface area contributed by atoms with Gasteiger partial charge in [0, 0.05) is 10.6 Å². The van der Waals surface area contributed by atoms with Gasteiger partial charge in [0.25, 0.3) is 11.3 Å². The maximum atomic E-state index is 13.0. The molecule has 9 heteroatoms. The molecule has 0 atom stereocenters. The fourth-order valence-electron chi connectivity index (χ4n) is 3.02. The predicted octanol–water partition coefficient (Wildman–Crippen LogP) is 3.66. The molecule has 30 heavy (non-hydrogen) atoms. The number of halogens is 1. The molecule has 8 nitrogen and oxygen atoms in total. The first-order chi connectivity index (χ1) is 14.5. The molecule has 0 radical (unpaired) electrons. The second-order valence-corrected chi connectivity index (χ2v) is 7.08. The summed E-state index contributed by atoms with van der Waals surface area (Å²) in [6.45, 7) is 1.71. The van der Waals surface area contributed by atoms with Crippen molar-refractivity contribution in [2.45, 2.75) is 13.5 Å². The average molecular weight is 425 g/mol. The van der Waals surface area contributed by atoms with Crippen LogP contribution >= 0.6 is 11.6 Å². The highest BCUT2D eigenvalue weighted by Crippen LogP contribution is 2.28. The normalized spacial score (nSPS) is 10.9. The van der Waals surface area contributed by atoms with E-state index in [2.05, 4.69) is 15.5 Å². The van der Waals surface area contributed by atoms with Gasteiger partial charge in [-0.15, -0.1) is 0 Å². The van der Waals surface area contributed by atoms with Crippen LogP contribution in [0, 0.1) is 6.92 Å². The van der Waals surface area contributed by atoms with Crippen LogP contribution in [0.25, 0.3) is 22.4 Å². The lowest BCUT2D eigenvalue weighted by molar-refractivity contribution is -0.116. The molecule has 2 heterocycles. The number of nitrogens with one attached hydrogen (secondary N) is 1. The Morgan fingerprint density at radius 2 is 2.00 bits per heavy atom. The summed E-state index contributed by atoms with van der Waals surface area (Å²) in [5, 5.41) is 7.35. The van der Waals surface area contributed by atoms with Crippen molar-refractivity contribution in [1.82, 2.24) is 14.7 Å². The van der Waals surface area contributed by atoms with Crippen molar-refractivity contribution in [2.24, 2.45) is 0 Å². The van der Waals surface area contributed by atoms with Gasteiger partial charge in [-0.25, -0.2) is 4.98 Å². The van der Waals surface area contributed by atoms with Crippen molar-refractivity contribution < 1.29 is 14.1 Å². The number of carbonyl (C=O) groups is 1. The minimum Gasteiger partial charge on any atom is -0.495 e. The minimum atomic E-state index is -0.438. The van der Waals surface area contributed by atoms with Gasteiger partial charge in [-0.1, -0.05) is 46.6 Å². The summed E-state index contributed by atoms with van der Waals surface area (Å²) >= 11 is 5.99. The van der Waals surface area contributed by atoms with Crippen LogP contribution in [0.5, 0.6) is 5.75 Å². The van der Waals surface area contributed by atoms with Crippen LogP contribution < -0.4 is 15.6 Å². The summed E-state index contributed by atoms with van der Waals surface area (Å²) in [6, 6.07) is 12.4. The van der Waals surface area contributed by atoms with Crippen molar-refractivity contribution in [3.63, 3.8) is 0 Å². The van der Waals surface area contributed by atoms with Crippen molar-refractivity contribution in [3.05, 3.63) is 69.7 Å². The third-order valence-corrected chi connectivity index (χ3v) is 4.77. The van der Waals surface area contributed by atoms with Crippen molar-refractivity contribution in [3.8, 4) is 17.0 Å². The molecule has 0 saturated heterocycles. The van der Waals surface area contributed by atoms with Crippen LogP contribution in [0.2, 0.25) is 5.02 Å². The van der Waals surface area contributed by atoms with E-state index in [9.17, 15) is 9.59 Å². The van der Waals surface area contributed by atoms with Crippen LogP contribution in [0.1, 0.15) is 5.56 Å². The second-order valence-electron chi connectivity index (χ2n) is 6.65. The van der Waals surface area contributed by atoms with E-state index in [1.165, 1.54) is 18.0 Å². The van der Waals surface area contributed by atoms with Crippen LogP contribution in [-0.2, 0) is 11.3 Å². The van der Waals surface area contributed by atoms with E-state index in [4.69, 9.17) is 20.9 Å². The zero-order valence-electron chi connectivity index (χ0n) is 16.2. The molecular formula is C21H17ClN4O4. The molecule has 0 aliphatic rings. The SMILES string of the molecule is COc1ccc(Cl)cc1NC(=O)Cn1cnc2onc(-c3ccc(C)cc3)c2c1=O. The van der Waals surface area contributed by atoms with Gasteiger partial charge >= 0.3 is 0 Å². The Balaban J connectivity index is 1.65. The Morgan fingerprint density at radius 1 is 1.23 bits per heavy atom. The average Bonchev–Trinajstić information content (AvgIpc) is 3.16. The van der Waals surface area contributed by atoms with Crippen molar-refractivity contribution in [2.75, 3.05) is 12.4 Å². The second kappa shape index (κ2) is 8.00. The van der Waals surface area contributed by atoms with Gasteiger partial charge in [0.05, 0.1) is 12.8 Å². The Kier molecular flexibility index (Phi) is 5.24. The molecule has 2 aromatic heterocycles. The van der Waals surface area contributed by atoms with Gasteiger partial charge in [-0.3, -0.25) is 14.2 Å². The third-order valence-electron chi connectivity index (χ3n) is 4.54. The fraction of sp³-hybridized carbons (Fsp3) is 0.143. The van der Waals surface area contributed by atoms with Crippen LogP contribution in [0.3, 0.4) is 0 Å². The number of amides is 1. The van der Waals surface area contributed by atoms with E-state index < -0.39 is 11.5 Å². The number of hydrogen-bond donors (Lipinski definition) is 1. The molecule has 1 N–H and O–H groups in total. The summed E-state index contributed by atoms with van der Waals surface area (Å²) in [6.07, 6.45) is 1.25. The highest BCUT2D eigenvalue weighted by atomic mass is 35.5. The van der Waals surface area contributed by atoms with E-state index in [-0.39, 0.29) is 17.6 Å². The van der Waals surface area contributed by atoms with E-state index in [0.29, 0.717) is 22.2 Å². The maximum absolute atomic E-state index is 13.0. The van der Waals surface area contributed by atoms with E-state index in [1.54, 1.807) is 18.2 Å². The first-order valence-electron chi connectivity index (χ1n) is 9.01. The summed E-state index contributed by atoms with van der Waals surface area (Å²) < 4.78 is 11.6. The lowest BCUT2D eigenvalue weighted by atomic mass is 10.1. The third kappa shape index (κ3) is 3.77. The molecule has 4 rings (SSSR count). The molecule has 0 fully saturated rings. The van der Waals surface area contributed by atoms with E-state index in [1.807, 2.05) is 31.2 Å². The summed E-state index contributed by atoms with van der Waals surface area (Å²) in [4.78, 5) is 29.7. The van der Waals surface area contributed by atoms with Crippen LogP contribution in [0.15, 0.2) is 58.1 Å². The van der Waals surface area contributed by atoms with Gasteiger partial charge < -0.3 is 14.6 Å². The molecular weight excluding hydrogens is 408 g/mol. The van der Waals surface area contributed by atoms with E-state index >= 15 is 0 Å². The molecule has 1 amide bonds. The molecule has 0 aliphatic heterocycles.